The Bertz CT molecular complexity index is 571. The summed E-state index contributed by atoms with van der Waals surface area (Å²) in [7, 11) is 0. The molecule has 0 saturated heterocycles. The highest BCUT2D eigenvalue weighted by molar-refractivity contribution is 8.15. The predicted octanol–water partition coefficient (Wildman–Crippen LogP) is 7.16. The quantitative estimate of drug-likeness (QED) is 0.0834. The van der Waals surface area contributed by atoms with Crippen LogP contribution in [-0.2, 0) is 14.3 Å². The molecule has 7 heteroatoms. The second kappa shape index (κ2) is 16.4. The molecule has 32 heavy (non-hydrogen) atoms. The van der Waals surface area contributed by atoms with Gasteiger partial charge >= 0.3 is 12.1 Å². The van der Waals surface area contributed by atoms with Crippen LogP contribution >= 0.6 is 11.8 Å². The van der Waals surface area contributed by atoms with Crippen molar-refractivity contribution in [1.29, 1.82) is 0 Å². The minimum absolute atomic E-state index is 0.245. The number of nitrogens with zero attached hydrogens (tertiary/aromatic N) is 2. The highest BCUT2D eigenvalue weighted by atomic mass is 32.2. The topological polar surface area (TPSA) is 68.2 Å². The van der Waals surface area contributed by atoms with Gasteiger partial charge in [-0.15, -0.1) is 0 Å². The third kappa shape index (κ3) is 14.8. The van der Waals surface area contributed by atoms with E-state index in [1.807, 2.05) is 20.8 Å². The second-order valence-electron chi connectivity index (χ2n) is 9.66. The van der Waals surface area contributed by atoms with Crippen LogP contribution in [0.5, 0.6) is 0 Å². The molecule has 0 heterocycles. The molecule has 0 aromatic rings. The van der Waals surface area contributed by atoms with E-state index in [9.17, 15) is 9.59 Å². The average molecular weight is 471 g/mol. The monoisotopic (exact) mass is 470 g/mol. The number of carbonyl (C=O) groups excluding carboxylic acids is 2. The van der Waals surface area contributed by atoms with Crippen molar-refractivity contribution < 1.29 is 19.1 Å². The van der Waals surface area contributed by atoms with Gasteiger partial charge in [0.05, 0.1) is 13.2 Å². The van der Waals surface area contributed by atoms with Gasteiger partial charge < -0.3 is 9.47 Å². The lowest BCUT2D eigenvalue weighted by molar-refractivity contribution is -0.134. The summed E-state index contributed by atoms with van der Waals surface area (Å²) in [4.78, 5) is 25.1. The van der Waals surface area contributed by atoms with Crippen LogP contribution in [0.15, 0.2) is 5.10 Å². The van der Waals surface area contributed by atoms with E-state index in [-0.39, 0.29) is 11.7 Å². The summed E-state index contributed by atoms with van der Waals surface area (Å²) >= 11 is 1.38. The van der Waals surface area contributed by atoms with Gasteiger partial charge in [-0.1, -0.05) is 76.5 Å². The van der Waals surface area contributed by atoms with Crippen LogP contribution in [0.1, 0.15) is 112 Å². The van der Waals surface area contributed by atoms with Crippen LogP contribution in [0.2, 0.25) is 0 Å². The fourth-order valence-corrected chi connectivity index (χ4v) is 4.08. The molecule has 0 aromatic carbocycles. The molecule has 0 spiro atoms. The summed E-state index contributed by atoms with van der Waals surface area (Å²) in [5.74, 6) is 0.760. The number of amides is 1. The molecule has 0 atom stereocenters. The normalized spacial score (nSPS) is 14.3. The predicted molar refractivity (Wildman–Crippen MR) is 134 cm³/mol. The van der Waals surface area contributed by atoms with Crippen molar-refractivity contribution in [3.05, 3.63) is 0 Å². The number of hydrogen-bond donors (Lipinski definition) is 0. The van der Waals surface area contributed by atoms with Crippen molar-refractivity contribution in [2.24, 2.45) is 11.0 Å². The Morgan fingerprint density at radius 3 is 2.00 bits per heavy atom. The van der Waals surface area contributed by atoms with E-state index < -0.39 is 17.7 Å². The van der Waals surface area contributed by atoms with Gasteiger partial charge in [0.25, 0.3) is 0 Å². The van der Waals surface area contributed by atoms with E-state index in [2.05, 4.69) is 12.0 Å². The Balaban J connectivity index is 2.50. The van der Waals surface area contributed by atoms with Crippen LogP contribution in [0, 0.1) is 5.92 Å². The van der Waals surface area contributed by atoms with Crippen molar-refractivity contribution in [3.63, 3.8) is 0 Å². The lowest BCUT2D eigenvalue weighted by Gasteiger charge is -2.24. The number of thioether (sulfide) groups is 1. The smallest absolute Gasteiger partial charge is 0.430 e. The third-order valence-corrected chi connectivity index (χ3v) is 6.15. The van der Waals surface area contributed by atoms with Gasteiger partial charge in [-0.3, -0.25) is 0 Å². The SMILES string of the molecule is CCCCCCCCCCCCS/C(=N\N(CC1CC1)C(=O)OC(C)(C)C)C(=O)OCC. The molecule has 1 saturated carbocycles. The van der Waals surface area contributed by atoms with Crippen molar-refractivity contribution >= 4 is 28.9 Å². The molecular formula is C25H46N2O4S. The van der Waals surface area contributed by atoms with Crippen molar-refractivity contribution in [2.45, 2.75) is 117 Å². The lowest BCUT2D eigenvalue weighted by atomic mass is 10.1. The molecule has 186 valence electrons. The molecule has 0 aromatic heterocycles. The molecular weight excluding hydrogens is 424 g/mol. The van der Waals surface area contributed by atoms with E-state index in [0.717, 1.165) is 31.4 Å². The Morgan fingerprint density at radius 2 is 1.50 bits per heavy atom. The van der Waals surface area contributed by atoms with E-state index in [0.29, 0.717) is 12.5 Å². The summed E-state index contributed by atoms with van der Waals surface area (Å²) in [5.41, 5.74) is -0.609. The minimum Gasteiger partial charge on any atom is -0.461 e. The van der Waals surface area contributed by atoms with Gasteiger partial charge in [0.15, 0.2) is 0 Å². The highest BCUT2D eigenvalue weighted by Crippen LogP contribution is 2.30. The zero-order chi connectivity index (χ0) is 23.8. The van der Waals surface area contributed by atoms with Crippen molar-refractivity contribution in [2.75, 3.05) is 18.9 Å². The summed E-state index contributed by atoms with van der Waals surface area (Å²) in [5, 5.41) is 5.97. The number of unbranched alkanes of at least 4 members (excludes halogenated alkanes) is 9. The summed E-state index contributed by atoms with van der Waals surface area (Å²) in [6.07, 6.45) is 14.4. The molecule has 6 nitrogen and oxygen atoms in total. The Kier molecular flexibility index (Phi) is 14.7. The molecule has 0 N–H and O–H groups in total. The summed E-state index contributed by atoms with van der Waals surface area (Å²) in [6.45, 7) is 10.3. The largest absolute Gasteiger partial charge is 0.461 e. The molecule has 1 aliphatic carbocycles. The first-order valence-electron chi connectivity index (χ1n) is 12.7. The molecule has 0 radical (unpaired) electrons. The Morgan fingerprint density at radius 1 is 0.938 bits per heavy atom. The average Bonchev–Trinajstić information content (AvgIpc) is 3.53. The van der Waals surface area contributed by atoms with E-state index in [1.54, 1.807) is 6.92 Å². The molecule has 0 aliphatic heterocycles. The van der Waals surface area contributed by atoms with E-state index in [4.69, 9.17) is 9.47 Å². The summed E-state index contributed by atoms with van der Waals surface area (Å²) < 4.78 is 10.7. The van der Waals surface area contributed by atoms with Crippen molar-refractivity contribution in [3.8, 4) is 0 Å². The number of hydrazone groups is 1. The maximum absolute atomic E-state index is 12.6. The number of rotatable bonds is 15. The van der Waals surface area contributed by atoms with Gasteiger partial charge in [0.2, 0.25) is 5.04 Å². The van der Waals surface area contributed by atoms with E-state index in [1.165, 1.54) is 68.1 Å². The zero-order valence-corrected chi connectivity index (χ0v) is 21.9. The van der Waals surface area contributed by atoms with Crippen molar-refractivity contribution in [1.82, 2.24) is 5.01 Å². The van der Waals surface area contributed by atoms with Crippen LogP contribution < -0.4 is 0 Å². The molecule has 1 aliphatic rings. The van der Waals surface area contributed by atoms with Gasteiger partial charge in [0.1, 0.15) is 5.60 Å². The van der Waals surface area contributed by atoms with Crippen LogP contribution in [0.25, 0.3) is 0 Å². The maximum atomic E-state index is 12.6. The van der Waals surface area contributed by atoms with Gasteiger partial charge in [-0.25, -0.2) is 9.59 Å². The second-order valence-corrected chi connectivity index (χ2v) is 10.7. The van der Waals surface area contributed by atoms with Crippen LogP contribution in [-0.4, -0.2) is 46.6 Å². The Hall–Kier alpha value is -1.24. The van der Waals surface area contributed by atoms with Gasteiger partial charge in [0, 0.05) is 0 Å². The number of esters is 1. The lowest BCUT2D eigenvalue weighted by Crippen LogP contribution is -2.36. The first-order chi connectivity index (χ1) is 15.3. The first-order valence-corrected chi connectivity index (χ1v) is 13.6. The Labute approximate surface area is 200 Å². The third-order valence-electron chi connectivity index (χ3n) is 5.13. The standard InChI is InChI=1S/C25H46N2O4S/c1-6-8-9-10-11-12-13-14-15-16-19-32-22(23(28)30-7-2)26-27(20-21-17-18-21)24(29)31-25(3,4)5/h21H,6-20H2,1-5H3/b26-22-. The highest BCUT2D eigenvalue weighted by Gasteiger charge is 2.31. The molecule has 1 amide bonds. The number of hydrogen-bond acceptors (Lipinski definition) is 6. The van der Waals surface area contributed by atoms with Gasteiger partial charge in [-0.2, -0.15) is 10.1 Å². The minimum atomic E-state index is -0.609. The molecule has 1 fully saturated rings. The zero-order valence-electron chi connectivity index (χ0n) is 21.1. The number of carbonyl (C=O) groups is 2. The van der Waals surface area contributed by atoms with Crippen LogP contribution in [0.3, 0.4) is 0 Å². The van der Waals surface area contributed by atoms with E-state index >= 15 is 0 Å². The fraction of sp³-hybridized carbons (Fsp3) is 0.880. The molecule has 1 rings (SSSR count). The number of ether oxygens (including phenoxy) is 2. The van der Waals surface area contributed by atoms with Crippen LogP contribution in [0.4, 0.5) is 4.79 Å². The maximum Gasteiger partial charge on any atom is 0.430 e. The fourth-order valence-electron chi connectivity index (χ4n) is 3.21. The molecule has 0 unspecified atom stereocenters. The van der Waals surface area contributed by atoms with Gasteiger partial charge in [-0.05, 0) is 58.6 Å². The first kappa shape index (κ1) is 28.8. The molecule has 0 bridgehead atoms. The summed E-state index contributed by atoms with van der Waals surface area (Å²) in [6, 6.07) is 0.